The zero-order valence-corrected chi connectivity index (χ0v) is 12.3. The largest absolute Gasteiger partial charge is 0.365 e. The van der Waals surface area contributed by atoms with Gasteiger partial charge in [0, 0.05) is 43.0 Å². The number of anilines is 1. The van der Waals surface area contributed by atoms with Crippen molar-refractivity contribution in [3.8, 4) is 10.6 Å². The van der Waals surface area contributed by atoms with E-state index in [2.05, 4.69) is 17.1 Å². The van der Waals surface area contributed by atoms with E-state index < -0.39 is 0 Å². The lowest BCUT2D eigenvalue weighted by Gasteiger charge is -2.32. The molecule has 104 valence electrons. The van der Waals surface area contributed by atoms with Crippen molar-refractivity contribution in [2.24, 2.45) is 0 Å². The molecule has 1 amide bonds. The van der Waals surface area contributed by atoms with Crippen molar-refractivity contribution in [2.45, 2.75) is 6.42 Å². The molecule has 5 heteroatoms. The first kappa shape index (κ1) is 13.1. The summed E-state index contributed by atoms with van der Waals surface area (Å²) in [6, 6.07) is 8.19. The third kappa shape index (κ3) is 2.67. The Hall–Kier alpha value is -1.88. The lowest BCUT2D eigenvalue weighted by Crippen LogP contribution is -2.46. The second-order valence-corrected chi connectivity index (χ2v) is 5.87. The van der Waals surface area contributed by atoms with Crippen molar-refractivity contribution in [3.05, 3.63) is 35.8 Å². The van der Waals surface area contributed by atoms with Crippen LogP contribution in [-0.4, -0.2) is 42.5 Å². The highest BCUT2D eigenvalue weighted by Gasteiger charge is 2.21. The third-order valence-corrected chi connectivity index (χ3v) is 4.39. The molecule has 0 unspecified atom stereocenters. The number of amides is 1. The van der Waals surface area contributed by atoms with Crippen LogP contribution in [0.2, 0.25) is 0 Å². The highest BCUT2D eigenvalue weighted by Crippen LogP contribution is 2.24. The van der Waals surface area contributed by atoms with Gasteiger partial charge in [-0.25, -0.2) is 4.98 Å². The van der Waals surface area contributed by atoms with E-state index in [9.17, 15) is 4.79 Å². The van der Waals surface area contributed by atoms with Gasteiger partial charge in [-0.1, -0.05) is 0 Å². The summed E-state index contributed by atoms with van der Waals surface area (Å²) in [4.78, 5) is 20.1. The first-order valence-electron chi connectivity index (χ1n) is 6.73. The summed E-state index contributed by atoms with van der Waals surface area (Å²) < 4.78 is 0. The highest BCUT2D eigenvalue weighted by molar-refractivity contribution is 7.13. The number of hydrogen-bond donors (Lipinski definition) is 0. The predicted molar refractivity (Wildman–Crippen MR) is 82.0 cm³/mol. The molecule has 0 saturated carbocycles. The monoisotopic (exact) mass is 287 g/mol. The van der Waals surface area contributed by atoms with E-state index in [0.29, 0.717) is 6.54 Å². The molecule has 1 aromatic carbocycles. The second kappa shape index (κ2) is 5.63. The number of rotatable bonds is 4. The van der Waals surface area contributed by atoms with Crippen molar-refractivity contribution in [1.82, 2.24) is 9.88 Å². The molecule has 2 heterocycles. The fourth-order valence-corrected chi connectivity index (χ4v) is 2.83. The maximum Gasteiger partial charge on any atom is 0.242 e. The minimum Gasteiger partial charge on any atom is -0.365 e. The third-order valence-electron chi connectivity index (χ3n) is 3.57. The van der Waals surface area contributed by atoms with Crippen LogP contribution in [0.5, 0.6) is 0 Å². The van der Waals surface area contributed by atoms with Crippen LogP contribution >= 0.6 is 11.3 Å². The summed E-state index contributed by atoms with van der Waals surface area (Å²) in [5.41, 5.74) is 2.17. The molecule has 1 saturated heterocycles. The summed E-state index contributed by atoms with van der Waals surface area (Å²) in [5.74, 6) is 0.211. The lowest BCUT2D eigenvalue weighted by atomic mass is 10.2. The average molecular weight is 287 g/mol. The zero-order chi connectivity index (χ0) is 13.9. The Bertz CT molecular complexity index is 576. The van der Waals surface area contributed by atoms with E-state index in [4.69, 9.17) is 0 Å². The fourth-order valence-electron chi connectivity index (χ4n) is 2.18. The number of hydrogen-bond acceptors (Lipinski definition) is 4. The van der Waals surface area contributed by atoms with Gasteiger partial charge < -0.3 is 9.80 Å². The molecule has 1 aliphatic rings. The first-order chi connectivity index (χ1) is 9.74. The van der Waals surface area contributed by atoms with Gasteiger partial charge >= 0.3 is 0 Å². The SMILES string of the molecule is CN(CC(=O)N1CCC1)c1ccc(-c2nccs2)cc1. The number of benzene rings is 1. The second-order valence-electron chi connectivity index (χ2n) is 4.97. The van der Waals surface area contributed by atoms with Gasteiger partial charge in [0.2, 0.25) is 5.91 Å². The molecule has 0 N–H and O–H groups in total. The Balaban J connectivity index is 1.66. The van der Waals surface area contributed by atoms with E-state index in [1.807, 2.05) is 40.6 Å². The summed E-state index contributed by atoms with van der Waals surface area (Å²) in [5, 5.41) is 3.00. The van der Waals surface area contributed by atoms with Gasteiger partial charge in [-0.05, 0) is 30.7 Å². The normalized spacial score (nSPS) is 13.9. The molecule has 0 atom stereocenters. The Kier molecular flexibility index (Phi) is 3.69. The number of thiazole rings is 1. The van der Waals surface area contributed by atoms with E-state index in [0.717, 1.165) is 35.8 Å². The summed E-state index contributed by atoms with van der Waals surface area (Å²) in [7, 11) is 1.95. The van der Waals surface area contributed by atoms with Crippen molar-refractivity contribution >= 4 is 22.9 Å². The van der Waals surface area contributed by atoms with Crippen molar-refractivity contribution in [3.63, 3.8) is 0 Å². The van der Waals surface area contributed by atoms with Crippen LogP contribution in [0.15, 0.2) is 35.8 Å². The minimum atomic E-state index is 0.211. The van der Waals surface area contributed by atoms with Gasteiger partial charge in [0.1, 0.15) is 5.01 Å². The van der Waals surface area contributed by atoms with E-state index >= 15 is 0 Å². The van der Waals surface area contributed by atoms with Crippen LogP contribution < -0.4 is 4.90 Å². The minimum absolute atomic E-state index is 0.211. The van der Waals surface area contributed by atoms with E-state index in [1.54, 1.807) is 11.3 Å². The quantitative estimate of drug-likeness (QED) is 0.867. The van der Waals surface area contributed by atoms with Gasteiger partial charge in [-0.2, -0.15) is 0 Å². The molecule has 0 spiro atoms. The summed E-state index contributed by atoms with van der Waals surface area (Å²) in [6.45, 7) is 2.27. The van der Waals surface area contributed by atoms with Crippen molar-refractivity contribution in [1.29, 1.82) is 0 Å². The summed E-state index contributed by atoms with van der Waals surface area (Å²) in [6.07, 6.45) is 2.95. The highest BCUT2D eigenvalue weighted by atomic mass is 32.1. The Morgan fingerprint density at radius 1 is 1.35 bits per heavy atom. The smallest absolute Gasteiger partial charge is 0.242 e. The fraction of sp³-hybridized carbons (Fsp3) is 0.333. The number of carbonyl (C=O) groups excluding carboxylic acids is 1. The molecule has 0 radical (unpaired) electrons. The van der Waals surface area contributed by atoms with Crippen LogP contribution in [0, 0.1) is 0 Å². The molecule has 1 fully saturated rings. The lowest BCUT2D eigenvalue weighted by molar-refractivity contribution is -0.133. The molecular weight excluding hydrogens is 270 g/mol. The van der Waals surface area contributed by atoms with Crippen LogP contribution in [0.3, 0.4) is 0 Å². The number of aromatic nitrogens is 1. The average Bonchev–Trinajstić information content (AvgIpc) is 2.90. The van der Waals surface area contributed by atoms with Crippen LogP contribution in [0.1, 0.15) is 6.42 Å². The summed E-state index contributed by atoms with van der Waals surface area (Å²) >= 11 is 1.63. The number of likely N-dealkylation sites (tertiary alicyclic amines) is 1. The zero-order valence-electron chi connectivity index (χ0n) is 11.5. The standard InChI is InChI=1S/C15H17N3OS/c1-17(11-14(19)18-8-2-9-18)13-5-3-12(4-6-13)15-16-7-10-20-15/h3-7,10H,2,8-9,11H2,1H3. The van der Waals surface area contributed by atoms with Gasteiger partial charge in [0.05, 0.1) is 6.54 Å². The molecule has 0 aliphatic carbocycles. The van der Waals surface area contributed by atoms with Crippen molar-refractivity contribution in [2.75, 3.05) is 31.6 Å². The molecule has 3 rings (SSSR count). The Morgan fingerprint density at radius 3 is 2.65 bits per heavy atom. The Morgan fingerprint density at radius 2 is 2.10 bits per heavy atom. The van der Waals surface area contributed by atoms with Crippen molar-refractivity contribution < 1.29 is 4.79 Å². The molecular formula is C15H17N3OS. The van der Waals surface area contributed by atoms with Gasteiger partial charge in [0.15, 0.2) is 0 Å². The maximum absolute atomic E-state index is 11.9. The van der Waals surface area contributed by atoms with Crippen LogP contribution in [0.4, 0.5) is 5.69 Å². The van der Waals surface area contributed by atoms with Gasteiger partial charge in [0.25, 0.3) is 0 Å². The van der Waals surface area contributed by atoms with Crippen LogP contribution in [-0.2, 0) is 4.79 Å². The molecule has 2 aromatic rings. The van der Waals surface area contributed by atoms with Gasteiger partial charge in [-0.3, -0.25) is 4.79 Å². The van der Waals surface area contributed by atoms with Gasteiger partial charge in [-0.15, -0.1) is 11.3 Å². The molecule has 1 aliphatic heterocycles. The number of likely N-dealkylation sites (N-methyl/N-ethyl adjacent to an activating group) is 1. The predicted octanol–water partition coefficient (Wildman–Crippen LogP) is 2.48. The molecule has 4 nitrogen and oxygen atoms in total. The molecule has 0 bridgehead atoms. The molecule has 1 aromatic heterocycles. The molecule has 20 heavy (non-hydrogen) atoms. The van der Waals surface area contributed by atoms with E-state index in [-0.39, 0.29) is 5.91 Å². The maximum atomic E-state index is 11.9. The number of nitrogens with zero attached hydrogens (tertiary/aromatic N) is 3. The Labute approximate surface area is 122 Å². The van der Waals surface area contributed by atoms with Crippen LogP contribution in [0.25, 0.3) is 10.6 Å². The van der Waals surface area contributed by atoms with E-state index in [1.165, 1.54) is 0 Å². The number of carbonyl (C=O) groups is 1. The topological polar surface area (TPSA) is 36.4 Å². The first-order valence-corrected chi connectivity index (χ1v) is 7.61.